The van der Waals surface area contributed by atoms with E-state index in [1.54, 1.807) is 75.4 Å². The Balaban J connectivity index is 2.16. The summed E-state index contributed by atoms with van der Waals surface area (Å²) >= 11 is 0. The number of hydrogen-bond donors (Lipinski definition) is 0. The normalized spacial score (nSPS) is 11.1. The van der Waals surface area contributed by atoms with Gasteiger partial charge in [-0.05, 0) is 88.2 Å². The van der Waals surface area contributed by atoms with Crippen LogP contribution in [0.3, 0.4) is 0 Å². The molecule has 0 atom stereocenters. The highest BCUT2D eigenvalue weighted by Crippen LogP contribution is 2.33. The summed E-state index contributed by atoms with van der Waals surface area (Å²) in [7, 11) is 1.32. The second-order valence-electron chi connectivity index (χ2n) is 8.69. The first-order valence-corrected chi connectivity index (χ1v) is 11.0. The van der Waals surface area contributed by atoms with Gasteiger partial charge in [-0.3, -0.25) is 4.79 Å². The smallest absolute Gasteiger partial charge is 0.419 e. The van der Waals surface area contributed by atoms with Gasteiger partial charge in [0, 0.05) is 0 Å². The largest absolute Gasteiger partial charge is 0.493 e. The fourth-order valence-electron chi connectivity index (χ4n) is 3.53. The minimum absolute atomic E-state index is 0.140. The molecule has 0 spiro atoms. The molecule has 0 fully saturated rings. The Hall–Kier alpha value is -3.87. The number of ether oxygens (including phenoxy) is 3. The van der Waals surface area contributed by atoms with Gasteiger partial charge >= 0.3 is 12.1 Å². The summed E-state index contributed by atoms with van der Waals surface area (Å²) in [6.07, 6.45) is -0.558. The van der Waals surface area contributed by atoms with Crippen molar-refractivity contribution in [2.45, 2.75) is 40.2 Å². The number of hydrogen-bond acceptors (Lipinski definition) is 6. The highest BCUT2D eigenvalue weighted by atomic mass is 16.6. The molecule has 1 heterocycles. The monoisotopic (exact) mass is 463 g/mol. The predicted octanol–water partition coefficient (Wildman–Crippen LogP) is 5.99. The van der Waals surface area contributed by atoms with E-state index in [4.69, 9.17) is 14.2 Å². The highest BCUT2D eigenvalue weighted by Gasteiger charge is 2.24. The maximum absolute atomic E-state index is 13.3. The maximum atomic E-state index is 13.3. The lowest BCUT2D eigenvalue weighted by Crippen LogP contribution is -2.27. The Morgan fingerprint density at radius 1 is 0.882 bits per heavy atom. The quantitative estimate of drug-likeness (QED) is 0.330. The van der Waals surface area contributed by atoms with Crippen LogP contribution in [0.2, 0.25) is 0 Å². The lowest BCUT2D eigenvalue weighted by atomic mass is 10.0. The molecule has 2 aromatic carbocycles. The van der Waals surface area contributed by atoms with Gasteiger partial charge in [0.25, 0.3) is 0 Å². The fraction of sp³-hybridized carbons (Fsp3) is 0.296. The number of aromatic nitrogens is 1. The number of benzene rings is 2. The molecule has 0 saturated carbocycles. The predicted molar refractivity (Wildman–Crippen MR) is 129 cm³/mol. The molecule has 7 heteroatoms. The molecular formula is C27H29NO6. The van der Waals surface area contributed by atoms with Crippen LogP contribution in [0, 0.1) is 0 Å². The van der Waals surface area contributed by atoms with Gasteiger partial charge in [-0.25, -0.2) is 14.2 Å². The number of ketones is 1. The van der Waals surface area contributed by atoms with E-state index in [1.165, 1.54) is 18.6 Å². The average molecular weight is 464 g/mol. The summed E-state index contributed by atoms with van der Waals surface area (Å²) in [5.74, 6) is -0.0899. The van der Waals surface area contributed by atoms with E-state index in [0.29, 0.717) is 46.0 Å². The van der Waals surface area contributed by atoms with E-state index < -0.39 is 17.7 Å². The molecule has 3 rings (SSSR count). The molecule has 0 radical (unpaired) electrons. The summed E-state index contributed by atoms with van der Waals surface area (Å²) in [6, 6.07) is 15.6. The van der Waals surface area contributed by atoms with Gasteiger partial charge in [0.05, 0.1) is 36.2 Å². The zero-order chi connectivity index (χ0) is 25.0. The summed E-state index contributed by atoms with van der Waals surface area (Å²) in [4.78, 5) is 37.4. The minimum atomic E-state index is -0.714. The van der Waals surface area contributed by atoms with E-state index in [9.17, 15) is 14.4 Å². The van der Waals surface area contributed by atoms with Gasteiger partial charge in [0.2, 0.25) is 0 Å². The Bertz CT molecular complexity index is 1210. The zero-order valence-corrected chi connectivity index (χ0v) is 20.3. The molecule has 3 aromatic rings. The lowest BCUT2D eigenvalue weighted by molar-refractivity contribution is 0.0541. The molecule has 34 heavy (non-hydrogen) atoms. The zero-order valence-electron chi connectivity index (χ0n) is 20.3. The molecule has 0 bridgehead atoms. The molecule has 1 aromatic heterocycles. The van der Waals surface area contributed by atoms with Crippen LogP contribution in [0.15, 0.2) is 54.6 Å². The molecule has 0 aliphatic heterocycles. The number of methoxy groups -OCH3 is 1. The van der Waals surface area contributed by atoms with E-state index >= 15 is 0 Å². The van der Waals surface area contributed by atoms with Crippen molar-refractivity contribution in [2.24, 2.45) is 0 Å². The van der Waals surface area contributed by atoms with Crippen molar-refractivity contribution in [1.82, 2.24) is 4.57 Å². The number of Topliss-reactive ketones (excluding diaryl/α,β-unsaturated/α-hetero) is 1. The van der Waals surface area contributed by atoms with Gasteiger partial charge < -0.3 is 14.2 Å². The maximum Gasteiger partial charge on any atom is 0.419 e. The first kappa shape index (κ1) is 24.8. The van der Waals surface area contributed by atoms with Crippen LogP contribution >= 0.6 is 0 Å². The van der Waals surface area contributed by atoms with Crippen LogP contribution in [-0.2, 0) is 9.47 Å². The first-order chi connectivity index (χ1) is 16.1. The van der Waals surface area contributed by atoms with E-state index in [2.05, 4.69) is 0 Å². The molecule has 0 amide bonds. The van der Waals surface area contributed by atoms with Crippen molar-refractivity contribution >= 4 is 17.8 Å². The second-order valence-corrected chi connectivity index (χ2v) is 8.69. The Kier molecular flexibility index (Phi) is 7.25. The SMILES string of the molecule is CCOc1ccc(-c2ccc(-c3ccc(C(=O)OC)cc3)n2C(=O)OC(C)(C)C)cc1C(C)=O. The molecule has 0 unspecified atom stereocenters. The van der Waals surface area contributed by atoms with Crippen LogP contribution in [-0.4, -0.2) is 41.7 Å². The second kappa shape index (κ2) is 9.95. The molecule has 7 nitrogen and oxygen atoms in total. The van der Waals surface area contributed by atoms with Crippen molar-refractivity contribution in [3.8, 4) is 28.3 Å². The lowest BCUT2D eigenvalue weighted by Gasteiger charge is -2.22. The van der Waals surface area contributed by atoms with Crippen LogP contribution in [0.5, 0.6) is 5.75 Å². The standard InChI is InChI=1S/C27H29NO6/c1-7-33-24-15-12-20(16-21(24)17(2)29)23-14-13-22(28(23)26(31)34-27(3,4)5)18-8-10-19(11-9-18)25(30)32-6/h8-16H,7H2,1-6H3. The summed E-state index contributed by atoms with van der Waals surface area (Å²) < 4.78 is 17.5. The number of rotatable bonds is 6. The number of nitrogens with zero attached hydrogens (tertiary/aromatic N) is 1. The van der Waals surface area contributed by atoms with E-state index in [0.717, 1.165) is 0 Å². The number of carbonyl (C=O) groups is 3. The fourth-order valence-corrected chi connectivity index (χ4v) is 3.53. The average Bonchev–Trinajstić information content (AvgIpc) is 3.23. The van der Waals surface area contributed by atoms with E-state index in [-0.39, 0.29) is 5.78 Å². The first-order valence-electron chi connectivity index (χ1n) is 11.0. The van der Waals surface area contributed by atoms with Crippen molar-refractivity contribution in [3.63, 3.8) is 0 Å². The minimum Gasteiger partial charge on any atom is -0.493 e. The molecule has 0 aliphatic carbocycles. The Labute approximate surface area is 199 Å². The third kappa shape index (κ3) is 5.36. The molecule has 178 valence electrons. The Morgan fingerprint density at radius 3 is 2.00 bits per heavy atom. The van der Waals surface area contributed by atoms with E-state index in [1.807, 2.05) is 6.92 Å². The highest BCUT2D eigenvalue weighted by molar-refractivity contribution is 5.98. The van der Waals surface area contributed by atoms with Gasteiger partial charge in [0.15, 0.2) is 5.78 Å². The van der Waals surface area contributed by atoms with Crippen molar-refractivity contribution < 1.29 is 28.6 Å². The van der Waals surface area contributed by atoms with Gasteiger partial charge in [-0.1, -0.05) is 12.1 Å². The number of carbonyl (C=O) groups excluding carboxylic acids is 3. The topological polar surface area (TPSA) is 83.8 Å². The van der Waals surface area contributed by atoms with Gasteiger partial charge in [-0.15, -0.1) is 0 Å². The molecule has 0 aliphatic rings. The van der Waals surface area contributed by atoms with Crippen molar-refractivity contribution in [1.29, 1.82) is 0 Å². The number of esters is 1. The molecule has 0 saturated heterocycles. The molecular weight excluding hydrogens is 434 g/mol. The third-order valence-electron chi connectivity index (χ3n) is 5.01. The van der Waals surface area contributed by atoms with Gasteiger partial charge in [0.1, 0.15) is 11.4 Å². The van der Waals surface area contributed by atoms with Crippen LogP contribution in [0.1, 0.15) is 55.3 Å². The summed E-state index contributed by atoms with van der Waals surface area (Å²) in [5.41, 5.74) is 2.64. The summed E-state index contributed by atoms with van der Waals surface area (Å²) in [6.45, 7) is 9.14. The third-order valence-corrected chi connectivity index (χ3v) is 5.01. The Morgan fingerprint density at radius 2 is 1.47 bits per heavy atom. The molecule has 0 N–H and O–H groups in total. The van der Waals surface area contributed by atoms with Crippen LogP contribution in [0.25, 0.3) is 22.5 Å². The summed E-state index contributed by atoms with van der Waals surface area (Å²) in [5, 5.41) is 0. The van der Waals surface area contributed by atoms with Crippen molar-refractivity contribution in [3.05, 3.63) is 65.7 Å². The van der Waals surface area contributed by atoms with Crippen molar-refractivity contribution in [2.75, 3.05) is 13.7 Å². The van der Waals surface area contributed by atoms with Gasteiger partial charge in [-0.2, -0.15) is 0 Å². The van der Waals surface area contributed by atoms with Crippen LogP contribution < -0.4 is 4.74 Å². The van der Waals surface area contributed by atoms with Crippen LogP contribution in [0.4, 0.5) is 4.79 Å².